The Labute approximate surface area is 73.9 Å². The van der Waals surface area contributed by atoms with Crippen molar-refractivity contribution in [3.8, 4) is 0 Å². The molecule has 12 heavy (non-hydrogen) atoms. The lowest BCUT2D eigenvalue weighted by molar-refractivity contribution is 0.522. The van der Waals surface area contributed by atoms with E-state index in [2.05, 4.69) is 22.3 Å². The maximum Gasteiger partial charge on any atom is 0.100 e. The number of hydrogen-bond acceptors (Lipinski definition) is 3. The van der Waals surface area contributed by atoms with E-state index >= 15 is 0 Å². The van der Waals surface area contributed by atoms with Crippen LogP contribution in [0.2, 0.25) is 0 Å². The number of amidine groups is 1. The van der Waals surface area contributed by atoms with E-state index < -0.39 is 0 Å². The molecule has 2 aliphatic heterocycles. The summed E-state index contributed by atoms with van der Waals surface area (Å²) < 4.78 is 0. The molecule has 0 aromatic rings. The number of rotatable bonds is 2. The van der Waals surface area contributed by atoms with Gasteiger partial charge in [-0.1, -0.05) is 0 Å². The van der Waals surface area contributed by atoms with Crippen molar-refractivity contribution in [1.29, 1.82) is 0 Å². The lowest BCUT2D eigenvalue weighted by Gasteiger charge is -2.17. The Morgan fingerprint density at radius 2 is 2.58 bits per heavy atom. The quantitative estimate of drug-likeness (QED) is 0.647. The summed E-state index contributed by atoms with van der Waals surface area (Å²) in [5.41, 5.74) is 0. The Hall–Kier alpha value is -0.570. The summed E-state index contributed by atoms with van der Waals surface area (Å²) in [4.78, 5) is 6.76. The molecule has 0 bridgehead atoms. The van der Waals surface area contributed by atoms with Crippen molar-refractivity contribution in [2.75, 3.05) is 26.7 Å². The van der Waals surface area contributed by atoms with Gasteiger partial charge in [0.2, 0.25) is 0 Å². The lowest BCUT2D eigenvalue weighted by atomic mass is 10.1. The molecule has 1 atom stereocenters. The Morgan fingerprint density at radius 3 is 3.17 bits per heavy atom. The average Bonchev–Trinajstić information content (AvgIpc) is 2.65. The molecular formula is C9H17N3. The Morgan fingerprint density at radius 1 is 1.67 bits per heavy atom. The zero-order valence-corrected chi connectivity index (χ0v) is 7.71. The lowest BCUT2D eigenvalue weighted by Crippen LogP contribution is -2.31. The molecule has 3 heteroatoms. The van der Waals surface area contributed by atoms with Gasteiger partial charge >= 0.3 is 0 Å². The first-order valence-electron chi connectivity index (χ1n) is 4.84. The van der Waals surface area contributed by atoms with E-state index in [1.165, 1.54) is 25.2 Å². The van der Waals surface area contributed by atoms with Gasteiger partial charge in [-0.2, -0.15) is 0 Å². The third-order valence-corrected chi connectivity index (χ3v) is 2.76. The van der Waals surface area contributed by atoms with Crippen LogP contribution in [0.5, 0.6) is 0 Å². The van der Waals surface area contributed by atoms with E-state index in [4.69, 9.17) is 0 Å². The fraction of sp³-hybridized carbons (Fsp3) is 0.889. The van der Waals surface area contributed by atoms with Gasteiger partial charge in [0.1, 0.15) is 5.84 Å². The number of aliphatic imine (C=N–C) groups is 1. The SMILES string of the molecule is CN1CCN=C1CC1CCCN1. The Balaban J connectivity index is 1.85. The summed E-state index contributed by atoms with van der Waals surface area (Å²) in [6.07, 6.45) is 3.80. The molecule has 2 heterocycles. The van der Waals surface area contributed by atoms with Gasteiger partial charge in [0, 0.05) is 26.1 Å². The van der Waals surface area contributed by atoms with E-state index in [0.717, 1.165) is 19.5 Å². The van der Waals surface area contributed by atoms with Crippen LogP contribution in [0.15, 0.2) is 4.99 Å². The van der Waals surface area contributed by atoms with Crippen LogP contribution in [-0.2, 0) is 0 Å². The minimum absolute atomic E-state index is 0.698. The minimum atomic E-state index is 0.698. The van der Waals surface area contributed by atoms with Crippen molar-refractivity contribution in [3.63, 3.8) is 0 Å². The maximum absolute atomic E-state index is 4.48. The summed E-state index contributed by atoms with van der Waals surface area (Å²) in [6, 6.07) is 0.698. The van der Waals surface area contributed by atoms with Crippen molar-refractivity contribution in [1.82, 2.24) is 10.2 Å². The van der Waals surface area contributed by atoms with Crippen LogP contribution in [0, 0.1) is 0 Å². The molecule has 2 rings (SSSR count). The summed E-state index contributed by atoms with van der Waals surface area (Å²) in [6.45, 7) is 3.31. The van der Waals surface area contributed by atoms with Crippen molar-refractivity contribution < 1.29 is 0 Å². The summed E-state index contributed by atoms with van der Waals surface area (Å²) in [7, 11) is 2.14. The highest BCUT2D eigenvalue weighted by Crippen LogP contribution is 2.12. The molecule has 0 aromatic heterocycles. The van der Waals surface area contributed by atoms with Crippen molar-refractivity contribution >= 4 is 5.84 Å². The molecule has 0 aliphatic carbocycles. The molecule has 3 nitrogen and oxygen atoms in total. The minimum Gasteiger partial charge on any atom is -0.362 e. The van der Waals surface area contributed by atoms with E-state index in [1.807, 2.05) is 0 Å². The molecule has 2 aliphatic rings. The highest BCUT2D eigenvalue weighted by Gasteiger charge is 2.20. The standard InChI is InChI=1S/C9H17N3/c1-12-6-5-11-9(12)7-8-3-2-4-10-8/h8,10H,2-7H2,1H3. The van der Waals surface area contributed by atoms with Crippen LogP contribution in [0.4, 0.5) is 0 Å². The van der Waals surface area contributed by atoms with Crippen molar-refractivity contribution in [2.24, 2.45) is 4.99 Å². The van der Waals surface area contributed by atoms with Crippen LogP contribution in [0.3, 0.4) is 0 Å². The average molecular weight is 167 g/mol. The summed E-state index contributed by atoms with van der Waals surface area (Å²) >= 11 is 0. The van der Waals surface area contributed by atoms with Crippen molar-refractivity contribution in [3.05, 3.63) is 0 Å². The van der Waals surface area contributed by atoms with Gasteiger partial charge in [-0.05, 0) is 19.4 Å². The van der Waals surface area contributed by atoms with Crippen LogP contribution < -0.4 is 5.32 Å². The fourth-order valence-corrected chi connectivity index (χ4v) is 1.95. The van der Waals surface area contributed by atoms with E-state index in [0.29, 0.717) is 6.04 Å². The Kier molecular flexibility index (Phi) is 2.30. The first kappa shape index (κ1) is 8.05. The predicted molar refractivity (Wildman–Crippen MR) is 50.6 cm³/mol. The van der Waals surface area contributed by atoms with Gasteiger partial charge in [-0.3, -0.25) is 4.99 Å². The van der Waals surface area contributed by atoms with E-state index in [9.17, 15) is 0 Å². The van der Waals surface area contributed by atoms with Gasteiger partial charge in [0.05, 0.1) is 6.54 Å². The summed E-state index contributed by atoms with van der Waals surface area (Å²) in [5.74, 6) is 1.30. The zero-order chi connectivity index (χ0) is 8.39. The molecule has 68 valence electrons. The van der Waals surface area contributed by atoms with Gasteiger partial charge in [0.15, 0.2) is 0 Å². The summed E-state index contributed by atoms with van der Waals surface area (Å²) in [5, 5.41) is 3.50. The molecule has 0 aromatic carbocycles. The molecule has 1 saturated heterocycles. The molecule has 1 fully saturated rings. The van der Waals surface area contributed by atoms with Gasteiger partial charge < -0.3 is 10.2 Å². The van der Waals surface area contributed by atoms with Crippen LogP contribution in [-0.4, -0.2) is 43.5 Å². The molecule has 0 saturated carbocycles. The molecule has 0 amide bonds. The van der Waals surface area contributed by atoms with Gasteiger partial charge in [-0.25, -0.2) is 0 Å². The number of nitrogens with one attached hydrogen (secondary N) is 1. The third kappa shape index (κ3) is 1.61. The zero-order valence-electron chi connectivity index (χ0n) is 7.71. The molecular weight excluding hydrogens is 150 g/mol. The first-order valence-corrected chi connectivity index (χ1v) is 4.84. The van der Waals surface area contributed by atoms with Crippen LogP contribution in [0.25, 0.3) is 0 Å². The van der Waals surface area contributed by atoms with Gasteiger partial charge in [-0.15, -0.1) is 0 Å². The number of nitrogens with zero attached hydrogens (tertiary/aromatic N) is 2. The smallest absolute Gasteiger partial charge is 0.100 e. The number of likely N-dealkylation sites (N-methyl/N-ethyl adjacent to an activating group) is 1. The first-order chi connectivity index (χ1) is 5.86. The highest BCUT2D eigenvalue weighted by atomic mass is 15.2. The monoisotopic (exact) mass is 167 g/mol. The molecule has 0 spiro atoms. The van der Waals surface area contributed by atoms with E-state index in [-0.39, 0.29) is 0 Å². The molecule has 1 unspecified atom stereocenters. The third-order valence-electron chi connectivity index (χ3n) is 2.76. The van der Waals surface area contributed by atoms with Crippen LogP contribution >= 0.6 is 0 Å². The van der Waals surface area contributed by atoms with Gasteiger partial charge in [0.25, 0.3) is 0 Å². The van der Waals surface area contributed by atoms with Crippen LogP contribution in [0.1, 0.15) is 19.3 Å². The second-order valence-corrected chi connectivity index (χ2v) is 3.72. The normalized spacial score (nSPS) is 29.6. The maximum atomic E-state index is 4.48. The fourth-order valence-electron chi connectivity index (χ4n) is 1.95. The second-order valence-electron chi connectivity index (χ2n) is 3.72. The topological polar surface area (TPSA) is 27.6 Å². The van der Waals surface area contributed by atoms with Crippen molar-refractivity contribution in [2.45, 2.75) is 25.3 Å². The largest absolute Gasteiger partial charge is 0.362 e. The predicted octanol–water partition coefficient (Wildman–Crippen LogP) is 0.472. The number of hydrogen-bond donors (Lipinski definition) is 1. The highest BCUT2D eigenvalue weighted by molar-refractivity contribution is 5.84. The van der Waals surface area contributed by atoms with E-state index in [1.54, 1.807) is 0 Å². The molecule has 1 N–H and O–H groups in total. The Bertz CT molecular complexity index is 182. The molecule has 0 radical (unpaired) electrons. The second kappa shape index (κ2) is 3.44.